The Hall–Kier alpha value is -2.01. The summed E-state index contributed by atoms with van der Waals surface area (Å²) in [6.45, 7) is 4.08. The molecule has 1 rings (SSSR count). The van der Waals surface area contributed by atoms with E-state index in [9.17, 15) is 4.79 Å². The summed E-state index contributed by atoms with van der Waals surface area (Å²) in [5.41, 5.74) is 0.818. The van der Waals surface area contributed by atoms with Crippen LogP contribution in [-0.2, 0) is 9.53 Å². The highest BCUT2D eigenvalue weighted by molar-refractivity contribution is 5.89. The van der Waals surface area contributed by atoms with Crippen molar-refractivity contribution in [3.8, 4) is 11.8 Å². The van der Waals surface area contributed by atoms with Crippen molar-refractivity contribution < 1.29 is 9.53 Å². The summed E-state index contributed by atoms with van der Waals surface area (Å²) in [7, 11) is 0. The van der Waals surface area contributed by atoms with Crippen molar-refractivity contribution in [2.45, 2.75) is 45.6 Å². The third-order valence-electron chi connectivity index (χ3n) is 2.84. The number of unbranched alkanes of at least 4 members (excludes halogenated alkanes) is 2. The van der Waals surface area contributed by atoms with E-state index in [-0.39, 0.29) is 6.10 Å². The number of carbonyl (C=O) groups excluding carboxylic acids is 1. The van der Waals surface area contributed by atoms with E-state index in [2.05, 4.69) is 18.8 Å². The van der Waals surface area contributed by atoms with Crippen LogP contribution in [0.4, 0.5) is 0 Å². The molecule has 20 heavy (non-hydrogen) atoms. The Kier molecular flexibility index (Phi) is 7.91. The number of hydrogen-bond donors (Lipinski definition) is 0. The van der Waals surface area contributed by atoms with E-state index in [0.29, 0.717) is 0 Å². The molecule has 2 heteroatoms. The minimum Gasteiger partial charge on any atom is -0.449 e. The zero-order valence-corrected chi connectivity index (χ0v) is 12.3. The fourth-order valence-electron chi connectivity index (χ4n) is 1.82. The average molecular weight is 270 g/mol. The first-order valence-electron chi connectivity index (χ1n) is 7.16. The molecule has 0 aliphatic heterocycles. The van der Waals surface area contributed by atoms with Crippen LogP contribution in [0, 0.1) is 11.8 Å². The third-order valence-corrected chi connectivity index (χ3v) is 2.84. The van der Waals surface area contributed by atoms with Crippen LogP contribution < -0.4 is 0 Å². The predicted octanol–water partition coefficient (Wildman–Crippen LogP) is 4.11. The number of allylic oxidation sites excluding steroid dienone is 1. The molecule has 0 bridgehead atoms. The molecular weight excluding hydrogens is 248 g/mol. The smallest absolute Gasteiger partial charge is 0.385 e. The molecule has 0 saturated carbocycles. The molecule has 0 N–H and O–H groups in total. The largest absolute Gasteiger partial charge is 0.449 e. The van der Waals surface area contributed by atoms with Gasteiger partial charge in [-0.1, -0.05) is 50.0 Å². The predicted molar refractivity (Wildman–Crippen MR) is 82.2 cm³/mol. The molecule has 0 radical (unpaired) electrons. The Bertz CT molecular complexity index is 477. The summed E-state index contributed by atoms with van der Waals surface area (Å²) < 4.78 is 5.36. The highest BCUT2D eigenvalue weighted by atomic mass is 16.5. The van der Waals surface area contributed by atoms with Gasteiger partial charge in [-0.25, -0.2) is 4.79 Å². The van der Waals surface area contributed by atoms with Gasteiger partial charge in [0.05, 0.1) is 0 Å². The molecule has 2 nitrogen and oxygen atoms in total. The molecule has 1 aromatic carbocycles. The first-order valence-corrected chi connectivity index (χ1v) is 7.16. The Morgan fingerprint density at radius 2 is 2.05 bits per heavy atom. The fraction of sp³-hybridized carbons (Fsp3) is 0.389. The van der Waals surface area contributed by atoms with Crippen LogP contribution in [0.25, 0.3) is 0 Å². The number of hydrogen-bond acceptors (Lipinski definition) is 2. The van der Waals surface area contributed by atoms with Crippen molar-refractivity contribution in [1.82, 2.24) is 0 Å². The summed E-state index contributed by atoms with van der Waals surface area (Å²) in [4.78, 5) is 11.7. The van der Waals surface area contributed by atoms with Gasteiger partial charge in [0.25, 0.3) is 0 Å². The van der Waals surface area contributed by atoms with Crippen LogP contribution in [0.2, 0.25) is 0 Å². The maximum Gasteiger partial charge on any atom is 0.385 e. The number of carbonyl (C=O) groups is 1. The lowest BCUT2D eigenvalue weighted by atomic mass is 10.1. The molecular formula is C18H22O2. The molecule has 0 spiro atoms. The Labute approximate surface area is 121 Å². The number of ether oxygens (including phenoxy) is 1. The molecule has 0 amide bonds. The lowest BCUT2D eigenvalue weighted by Crippen LogP contribution is -2.14. The van der Waals surface area contributed by atoms with Crippen molar-refractivity contribution in [2.75, 3.05) is 0 Å². The number of esters is 1. The molecule has 1 aromatic rings. The van der Waals surface area contributed by atoms with Crippen molar-refractivity contribution in [2.24, 2.45) is 0 Å². The summed E-state index contributed by atoms with van der Waals surface area (Å²) in [6, 6.07) is 9.43. The Balaban J connectivity index is 2.51. The zero-order chi connectivity index (χ0) is 14.6. The highest BCUT2D eigenvalue weighted by Gasteiger charge is 2.08. The minimum absolute atomic E-state index is 0.163. The first-order chi connectivity index (χ1) is 9.76. The van der Waals surface area contributed by atoms with Gasteiger partial charge in [-0.15, -0.1) is 0 Å². The Morgan fingerprint density at radius 1 is 1.30 bits per heavy atom. The van der Waals surface area contributed by atoms with Crippen LogP contribution in [-0.4, -0.2) is 12.1 Å². The van der Waals surface area contributed by atoms with Crippen LogP contribution in [0.15, 0.2) is 42.5 Å². The second kappa shape index (κ2) is 9.86. The molecule has 0 aromatic heterocycles. The molecule has 0 aliphatic rings. The SMILES string of the molecule is C/C=C/[C@H](CCCCC)OC(=O)C#Cc1ccccc1. The van der Waals surface area contributed by atoms with Gasteiger partial charge >= 0.3 is 5.97 Å². The topological polar surface area (TPSA) is 26.3 Å². The maximum absolute atomic E-state index is 11.7. The molecule has 0 unspecified atom stereocenters. The normalized spacial score (nSPS) is 11.7. The van der Waals surface area contributed by atoms with E-state index in [1.165, 1.54) is 0 Å². The van der Waals surface area contributed by atoms with Crippen molar-refractivity contribution in [1.29, 1.82) is 0 Å². The average Bonchev–Trinajstić information content (AvgIpc) is 2.47. The van der Waals surface area contributed by atoms with Gasteiger partial charge in [0.2, 0.25) is 0 Å². The lowest BCUT2D eigenvalue weighted by Gasteiger charge is -2.11. The van der Waals surface area contributed by atoms with E-state index in [1.54, 1.807) is 0 Å². The first kappa shape index (κ1) is 16.0. The van der Waals surface area contributed by atoms with E-state index in [1.807, 2.05) is 49.4 Å². The zero-order valence-electron chi connectivity index (χ0n) is 12.3. The van der Waals surface area contributed by atoms with Gasteiger partial charge in [0.15, 0.2) is 0 Å². The molecule has 0 aliphatic carbocycles. The minimum atomic E-state index is -0.464. The van der Waals surface area contributed by atoms with Crippen LogP contribution >= 0.6 is 0 Å². The van der Waals surface area contributed by atoms with Gasteiger partial charge in [-0.05, 0) is 38.0 Å². The van der Waals surface area contributed by atoms with Crippen LogP contribution in [0.1, 0.15) is 45.1 Å². The molecule has 0 saturated heterocycles. The van der Waals surface area contributed by atoms with Crippen molar-refractivity contribution in [3.05, 3.63) is 48.0 Å². The second-order valence-corrected chi connectivity index (χ2v) is 4.58. The Morgan fingerprint density at radius 3 is 2.70 bits per heavy atom. The standard InChI is InChI=1S/C18H22O2/c1-3-5-7-13-17(10-4-2)20-18(19)15-14-16-11-8-6-9-12-16/h4,6,8-12,17H,3,5,7,13H2,1-2H3/b10-4+/t17-/m1/s1. The van der Waals surface area contributed by atoms with Gasteiger partial charge in [-0.2, -0.15) is 0 Å². The van der Waals surface area contributed by atoms with E-state index in [0.717, 1.165) is 31.2 Å². The third kappa shape index (κ3) is 6.80. The summed E-state index contributed by atoms with van der Waals surface area (Å²) in [6.07, 6.45) is 7.89. The second-order valence-electron chi connectivity index (χ2n) is 4.58. The highest BCUT2D eigenvalue weighted by Crippen LogP contribution is 2.08. The van der Waals surface area contributed by atoms with E-state index >= 15 is 0 Å². The van der Waals surface area contributed by atoms with E-state index < -0.39 is 5.97 Å². The number of rotatable bonds is 6. The van der Waals surface area contributed by atoms with Crippen molar-refractivity contribution >= 4 is 5.97 Å². The quantitative estimate of drug-likeness (QED) is 0.336. The molecule has 0 heterocycles. The summed E-state index contributed by atoms with van der Waals surface area (Å²) in [5, 5.41) is 0. The van der Waals surface area contributed by atoms with Crippen molar-refractivity contribution in [3.63, 3.8) is 0 Å². The van der Waals surface area contributed by atoms with Crippen LogP contribution in [0.5, 0.6) is 0 Å². The van der Waals surface area contributed by atoms with E-state index in [4.69, 9.17) is 4.74 Å². The molecule has 0 fully saturated rings. The monoisotopic (exact) mass is 270 g/mol. The summed E-state index contributed by atoms with van der Waals surface area (Å²) in [5.74, 6) is 4.88. The lowest BCUT2D eigenvalue weighted by molar-refractivity contribution is -0.140. The molecule has 106 valence electrons. The fourth-order valence-corrected chi connectivity index (χ4v) is 1.82. The maximum atomic E-state index is 11.7. The van der Waals surface area contributed by atoms with Gasteiger partial charge < -0.3 is 4.74 Å². The molecule has 1 atom stereocenters. The van der Waals surface area contributed by atoms with Gasteiger partial charge in [0, 0.05) is 11.5 Å². The van der Waals surface area contributed by atoms with Gasteiger partial charge in [-0.3, -0.25) is 0 Å². The van der Waals surface area contributed by atoms with Crippen LogP contribution in [0.3, 0.4) is 0 Å². The summed E-state index contributed by atoms with van der Waals surface area (Å²) >= 11 is 0. The number of benzene rings is 1. The van der Waals surface area contributed by atoms with Gasteiger partial charge in [0.1, 0.15) is 6.10 Å².